The highest BCUT2D eigenvalue weighted by Gasteiger charge is 2.17. The van der Waals surface area contributed by atoms with Crippen LogP contribution in [0, 0.1) is 6.92 Å². The van der Waals surface area contributed by atoms with Gasteiger partial charge in [0.15, 0.2) is 0 Å². The molecule has 0 aliphatic heterocycles. The van der Waals surface area contributed by atoms with Crippen LogP contribution in [0.15, 0.2) is 23.8 Å². The molecule has 0 spiro atoms. The fraction of sp³-hybridized carbons (Fsp3) is 0.438. The highest BCUT2D eigenvalue weighted by Crippen LogP contribution is 2.35. The number of fused-ring (bicyclic) bond motifs is 1. The normalized spacial score (nSPS) is 11.6. The van der Waals surface area contributed by atoms with Crippen molar-refractivity contribution in [3.63, 3.8) is 0 Å². The second kappa shape index (κ2) is 8.43. The number of hydrogen-bond donors (Lipinski definition) is 0. The summed E-state index contributed by atoms with van der Waals surface area (Å²) in [5.74, 6) is 0. The largest absolute Gasteiger partial charge is 0.373 e. The summed E-state index contributed by atoms with van der Waals surface area (Å²) in [6, 6.07) is 6.63. The first kappa shape index (κ1) is 16.3. The highest BCUT2D eigenvalue weighted by molar-refractivity contribution is 5.75. The summed E-state index contributed by atoms with van der Waals surface area (Å²) in [6.45, 7) is 10.7. The predicted molar refractivity (Wildman–Crippen MR) is 74.1 cm³/mol. The molecule has 1 aromatic rings. The third-order valence-corrected chi connectivity index (χ3v) is 3.16. The van der Waals surface area contributed by atoms with Gasteiger partial charge in [0.25, 0.3) is 0 Å². The van der Waals surface area contributed by atoms with Crippen molar-refractivity contribution in [3.8, 4) is 0 Å². The number of aryl methyl sites for hydroxylation is 1. The van der Waals surface area contributed by atoms with E-state index in [1.807, 2.05) is 13.8 Å². The minimum absolute atomic E-state index is 0.250. The quantitative estimate of drug-likeness (QED) is 0.745. The van der Waals surface area contributed by atoms with E-state index >= 15 is 0 Å². The molecule has 0 unspecified atom stereocenters. The first-order chi connectivity index (χ1) is 8.65. The third-order valence-electron chi connectivity index (χ3n) is 3.16. The van der Waals surface area contributed by atoms with Gasteiger partial charge >= 0.3 is 6.15 Å². The molecule has 2 heteroatoms. The topological polar surface area (TPSA) is 34.1 Å². The molecule has 0 saturated carbocycles. The third kappa shape index (κ3) is 3.68. The van der Waals surface area contributed by atoms with Gasteiger partial charge in [-0.25, -0.2) is 0 Å². The zero-order valence-corrected chi connectivity index (χ0v) is 12.0. The minimum Gasteiger partial charge on any atom is -0.186 e. The van der Waals surface area contributed by atoms with Gasteiger partial charge in [-0.1, -0.05) is 44.5 Å². The van der Waals surface area contributed by atoms with Gasteiger partial charge in [-0.3, -0.25) is 0 Å². The molecule has 0 N–H and O–H groups in total. The number of carbonyl (C=O) groups excluding carboxylic acids is 2. The maximum atomic E-state index is 8.12. The first-order valence-corrected chi connectivity index (χ1v) is 6.42. The molecule has 0 heterocycles. The van der Waals surface area contributed by atoms with Gasteiger partial charge in [0.05, 0.1) is 0 Å². The minimum atomic E-state index is 0.250. The van der Waals surface area contributed by atoms with Crippen LogP contribution in [-0.2, 0) is 16.0 Å². The molecule has 98 valence electrons. The van der Waals surface area contributed by atoms with Gasteiger partial charge < -0.3 is 0 Å². The Morgan fingerprint density at radius 3 is 2.17 bits per heavy atom. The molecule has 0 bridgehead atoms. The van der Waals surface area contributed by atoms with Gasteiger partial charge in [0, 0.05) is 0 Å². The molecule has 1 aliphatic rings. The van der Waals surface area contributed by atoms with Crippen molar-refractivity contribution in [3.05, 3.63) is 40.5 Å². The van der Waals surface area contributed by atoms with Crippen molar-refractivity contribution < 1.29 is 9.59 Å². The van der Waals surface area contributed by atoms with E-state index in [1.165, 1.54) is 29.5 Å². The molecule has 18 heavy (non-hydrogen) atoms. The fourth-order valence-corrected chi connectivity index (χ4v) is 2.21. The van der Waals surface area contributed by atoms with Gasteiger partial charge in [-0.05, 0) is 49.0 Å². The summed E-state index contributed by atoms with van der Waals surface area (Å²) < 4.78 is 0. The Hall–Kier alpha value is -1.66. The number of allylic oxidation sites excluding steroid dienone is 2. The fourth-order valence-electron chi connectivity index (χ4n) is 2.21. The van der Waals surface area contributed by atoms with Gasteiger partial charge in [0.1, 0.15) is 0 Å². The summed E-state index contributed by atoms with van der Waals surface area (Å²) >= 11 is 0. The van der Waals surface area contributed by atoms with Crippen LogP contribution >= 0.6 is 0 Å². The maximum absolute atomic E-state index is 8.12. The smallest absolute Gasteiger partial charge is 0.186 e. The second-order valence-corrected chi connectivity index (χ2v) is 3.94. The van der Waals surface area contributed by atoms with Crippen LogP contribution in [0.5, 0.6) is 0 Å². The van der Waals surface area contributed by atoms with Crippen LogP contribution < -0.4 is 0 Å². The monoisotopic (exact) mass is 246 g/mol. The summed E-state index contributed by atoms with van der Waals surface area (Å²) in [5, 5.41) is 0. The van der Waals surface area contributed by atoms with Gasteiger partial charge in [-0.15, -0.1) is 0 Å². The summed E-state index contributed by atoms with van der Waals surface area (Å²) in [4.78, 5) is 16.2. The Bertz CT molecular complexity index is 450. The lowest BCUT2D eigenvalue weighted by Crippen LogP contribution is -1.87. The molecule has 1 aromatic carbocycles. The van der Waals surface area contributed by atoms with Crippen molar-refractivity contribution in [2.24, 2.45) is 0 Å². The van der Waals surface area contributed by atoms with Crippen LogP contribution in [0.3, 0.4) is 0 Å². The van der Waals surface area contributed by atoms with Crippen molar-refractivity contribution in [2.45, 2.75) is 47.5 Å². The van der Waals surface area contributed by atoms with E-state index in [0.29, 0.717) is 0 Å². The summed E-state index contributed by atoms with van der Waals surface area (Å²) in [6.07, 6.45) is 2.63. The van der Waals surface area contributed by atoms with E-state index in [4.69, 9.17) is 9.59 Å². The molecular weight excluding hydrogens is 224 g/mol. The number of benzene rings is 1. The number of rotatable bonds is 1. The lowest BCUT2D eigenvalue weighted by Gasteiger charge is -2.03. The Morgan fingerprint density at radius 2 is 1.72 bits per heavy atom. The van der Waals surface area contributed by atoms with Gasteiger partial charge in [0.2, 0.25) is 0 Å². The molecule has 1 aliphatic carbocycles. The zero-order chi connectivity index (χ0) is 14.1. The second-order valence-electron chi connectivity index (χ2n) is 3.94. The molecule has 0 atom stereocenters. The van der Waals surface area contributed by atoms with Crippen LogP contribution in [0.25, 0.3) is 5.57 Å². The Kier molecular flexibility index (Phi) is 7.66. The molecule has 2 nitrogen and oxygen atoms in total. The Labute approximate surface area is 110 Å². The van der Waals surface area contributed by atoms with Crippen LogP contribution in [0.4, 0.5) is 0 Å². The predicted octanol–water partition coefficient (Wildman–Crippen LogP) is 4.18. The molecule has 0 aromatic heterocycles. The average Bonchev–Trinajstić information content (AvgIpc) is 2.72. The van der Waals surface area contributed by atoms with Crippen molar-refractivity contribution in [1.29, 1.82) is 0 Å². The van der Waals surface area contributed by atoms with Crippen LogP contribution in [0.1, 0.15) is 50.8 Å². The maximum Gasteiger partial charge on any atom is 0.373 e. The van der Waals surface area contributed by atoms with Gasteiger partial charge in [-0.2, -0.15) is 9.59 Å². The number of hydrogen-bond acceptors (Lipinski definition) is 2. The molecule has 0 fully saturated rings. The Morgan fingerprint density at radius 1 is 1.17 bits per heavy atom. The Balaban J connectivity index is 0.000000509. The molecule has 0 amide bonds. The van der Waals surface area contributed by atoms with Crippen molar-refractivity contribution >= 4 is 11.7 Å². The molecule has 2 rings (SSSR count). The molecule has 0 saturated heterocycles. The van der Waals surface area contributed by atoms with E-state index in [1.54, 1.807) is 11.1 Å². The van der Waals surface area contributed by atoms with E-state index < -0.39 is 0 Å². The lowest BCUT2D eigenvalue weighted by molar-refractivity contribution is -0.191. The van der Waals surface area contributed by atoms with E-state index in [2.05, 4.69) is 39.0 Å². The summed E-state index contributed by atoms with van der Waals surface area (Å²) in [5.41, 5.74) is 7.61. The molecule has 0 radical (unpaired) electrons. The van der Waals surface area contributed by atoms with Crippen molar-refractivity contribution in [2.75, 3.05) is 0 Å². The van der Waals surface area contributed by atoms with Crippen LogP contribution in [0.2, 0.25) is 0 Å². The highest BCUT2D eigenvalue weighted by atomic mass is 16.2. The first-order valence-electron chi connectivity index (χ1n) is 6.42. The SMILES string of the molecule is CC.CCC1=C(C)c2cccc(C)c2C1.O=C=O. The van der Waals surface area contributed by atoms with E-state index in [0.717, 1.165) is 0 Å². The standard InChI is InChI=1S/C13H16.C2H6.CO2/c1-4-11-8-13-9(2)6-5-7-12(13)10(11)3;1-2;2-1-3/h5-7H,4,8H2,1-3H3;1-2H3;. The van der Waals surface area contributed by atoms with E-state index in [-0.39, 0.29) is 6.15 Å². The molecular formula is C16H22O2. The van der Waals surface area contributed by atoms with Crippen LogP contribution in [-0.4, -0.2) is 6.15 Å². The van der Waals surface area contributed by atoms with E-state index in [9.17, 15) is 0 Å². The zero-order valence-electron chi connectivity index (χ0n) is 12.0. The average molecular weight is 246 g/mol. The summed E-state index contributed by atoms with van der Waals surface area (Å²) in [7, 11) is 0. The van der Waals surface area contributed by atoms with Crippen molar-refractivity contribution in [1.82, 2.24) is 0 Å². The lowest BCUT2D eigenvalue weighted by atomic mass is 10.0.